The Balaban J connectivity index is 1.23. The van der Waals surface area contributed by atoms with E-state index in [0.717, 1.165) is 11.1 Å². The molecule has 0 radical (unpaired) electrons. The fraction of sp³-hybridized carbons (Fsp3) is 0.382. The zero-order valence-electron chi connectivity index (χ0n) is 25.6. The zero-order valence-corrected chi connectivity index (χ0v) is 26.4. The second-order valence-electron chi connectivity index (χ2n) is 12.3. The zero-order chi connectivity index (χ0) is 32.1. The van der Waals surface area contributed by atoms with Gasteiger partial charge in [-0.25, -0.2) is 4.68 Å². The number of para-hydroxylation sites is 1. The van der Waals surface area contributed by atoms with E-state index >= 15 is 0 Å². The van der Waals surface area contributed by atoms with Crippen molar-refractivity contribution in [2.75, 3.05) is 18.5 Å². The van der Waals surface area contributed by atoms with Crippen LogP contribution in [-0.2, 0) is 21.1 Å². The molecular formula is C34H36N6O5S. The van der Waals surface area contributed by atoms with Crippen molar-refractivity contribution in [3.05, 3.63) is 84.4 Å². The van der Waals surface area contributed by atoms with Crippen LogP contribution in [-0.4, -0.2) is 71.5 Å². The summed E-state index contributed by atoms with van der Waals surface area (Å²) in [6, 6.07) is 22.2. The quantitative estimate of drug-likeness (QED) is 0.238. The molecule has 2 bridgehead atoms. The molecule has 3 aliphatic rings. The first-order valence-electron chi connectivity index (χ1n) is 15.6. The number of carbonyl (C=O) groups excluding carboxylic acids is 3. The largest absolute Gasteiger partial charge is 0.494 e. The number of aromatic nitrogens is 3. The monoisotopic (exact) mass is 640 g/mol. The van der Waals surface area contributed by atoms with Crippen molar-refractivity contribution in [3.8, 4) is 5.75 Å². The molecule has 3 N–H and O–H groups in total. The van der Waals surface area contributed by atoms with Gasteiger partial charge in [0, 0.05) is 10.4 Å². The fourth-order valence-corrected chi connectivity index (χ4v) is 10.1. The minimum Gasteiger partial charge on any atom is -0.494 e. The van der Waals surface area contributed by atoms with Gasteiger partial charge in [-0.3, -0.25) is 14.4 Å². The number of hydrogen-bond donors (Lipinski definition) is 3. The van der Waals surface area contributed by atoms with E-state index < -0.39 is 33.4 Å². The molecule has 6 atom stereocenters. The predicted octanol–water partition coefficient (Wildman–Crippen LogP) is 3.76. The van der Waals surface area contributed by atoms with Crippen molar-refractivity contribution in [2.45, 2.75) is 54.9 Å². The molecule has 0 aliphatic carbocycles. The molecule has 1 spiro atoms. The molecule has 3 aromatic carbocycles. The van der Waals surface area contributed by atoms with Crippen LogP contribution in [0.1, 0.15) is 38.3 Å². The Morgan fingerprint density at radius 3 is 2.52 bits per heavy atom. The topological polar surface area (TPSA) is 139 Å². The number of carbonyl (C=O) groups is 3. The molecule has 3 aliphatic heterocycles. The van der Waals surface area contributed by atoms with Crippen molar-refractivity contribution >= 4 is 46.2 Å². The van der Waals surface area contributed by atoms with E-state index in [1.54, 1.807) is 45.6 Å². The standard InChI is InChI=1S/C34H36N6O5S/c1-3-45-23-15-13-22(14-16-23)36-30(42)27-28-32(44)40(26(19-41)21-9-5-4-6-10-21)29(34(28)18-17-33(27,2)46-34)31(43)35-20-39-25-12-8-7-11-24(25)37-38-39/h4-16,26-29,41H,3,17-20H2,1-2H3,(H,35,43)(H,36,42)/t26-,27-,28+,29?,33+,34?/m1/s1. The molecule has 3 fully saturated rings. The minimum atomic E-state index is -0.924. The molecule has 3 saturated heterocycles. The third kappa shape index (κ3) is 4.82. The Kier molecular flexibility index (Phi) is 7.72. The maximum Gasteiger partial charge on any atom is 0.245 e. The summed E-state index contributed by atoms with van der Waals surface area (Å²) in [5.74, 6) is -1.63. The van der Waals surface area contributed by atoms with Crippen LogP contribution in [0.5, 0.6) is 5.75 Å². The van der Waals surface area contributed by atoms with Gasteiger partial charge in [0.25, 0.3) is 0 Å². The van der Waals surface area contributed by atoms with Gasteiger partial charge >= 0.3 is 0 Å². The number of aliphatic hydroxyl groups excluding tert-OH is 1. The van der Waals surface area contributed by atoms with Gasteiger partial charge in [-0.15, -0.1) is 16.9 Å². The lowest BCUT2D eigenvalue weighted by atomic mass is 9.66. The summed E-state index contributed by atoms with van der Waals surface area (Å²) in [5.41, 5.74) is 2.80. The Morgan fingerprint density at radius 2 is 1.78 bits per heavy atom. The Bertz CT molecular complexity index is 1780. The molecule has 4 heterocycles. The number of hydrogen-bond acceptors (Lipinski definition) is 8. The van der Waals surface area contributed by atoms with Crippen molar-refractivity contribution in [1.82, 2.24) is 25.2 Å². The summed E-state index contributed by atoms with van der Waals surface area (Å²) in [5, 5.41) is 25.2. The van der Waals surface area contributed by atoms with Crippen LogP contribution in [0.3, 0.4) is 0 Å². The van der Waals surface area contributed by atoms with Crippen LogP contribution in [0.15, 0.2) is 78.9 Å². The number of anilines is 1. The molecule has 11 nitrogen and oxygen atoms in total. The summed E-state index contributed by atoms with van der Waals surface area (Å²) in [7, 11) is 0. The van der Waals surface area contributed by atoms with Gasteiger partial charge in [0.05, 0.1) is 41.4 Å². The Hall–Kier alpha value is -4.42. The number of ether oxygens (including phenoxy) is 1. The first-order valence-corrected chi connectivity index (χ1v) is 16.4. The van der Waals surface area contributed by atoms with Crippen molar-refractivity contribution in [1.29, 1.82) is 0 Å². The molecule has 0 saturated carbocycles. The first-order chi connectivity index (χ1) is 22.3. The lowest BCUT2D eigenvalue weighted by Gasteiger charge is -2.37. The number of nitrogens with one attached hydrogen (secondary N) is 2. The smallest absolute Gasteiger partial charge is 0.245 e. The lowest BCUT2D eigenvalue weighted by molar-refractivity contribution is -0.142. The molecule has 238 valence electrons. The molecule has 7 rings (SSSR count). The highest BCUT2D eigenvalue weighted by Crippen LogP contribution is 2.72. The van der Waals surface area contributed by atoms with E-state index in [1.807, 2.05) is 68.4 Å². The van der Waals surface area contributed by atoms with Crippen molar-refractivity contribution < 1.29 is 24.2 Å². The lowest BCUT2D eigenvalue weighted by Crippen LogP contribution is -2.54. The molecule has 2 unspecified atom stereocenters. The van der Waals surface area contributed by atoms with Crippen molar-refractivity contribution in [3.63, 3.8) is 0 Å². The van der Waals surface area contributed by atoms with Gasteiger partial charge in [0.2, 0.25) is 17.7 Å². The maximum atomic E-state index is 14.7. The first kappa shape index (κ1) is 30.2. The van der Waals surface area contributed by atoms with Gasteiger partial charge in [0.1, 0.15) is 24.0 Å². The molecule has 1 aromatic heterocycles. The van der Waals surface area contributed by atoms with Crippen LogP contribution < -0.4 is 15.4 Å². The van der Waals surface area contributed by atoms with E-state index in [1.165, 1.54) is 0 Å². The number of amides is 3. The van der Waals surface area contributed by atoms with Crippen LogP contribution in [0.4, 0.5) is 5.69 Å². The summed E-state index contributed by atoms with van der Waals surface area (Å²) in [6.45, 7) is 4.15. The number of thioether (sulfide) groups is 1. The maximum absolute atomic E-state index is 14.7. The molecule has 12 heteroatoms. The van der Waals surface area contributed by atoms with Crippen LogP contribution in [0, 0.1) is 11.8 Å². The van der Waals surface area contributed by atoms with Crippen LogP contribution in [0.2, 0.25) is 0 Å². The highest BCUT2D eigenvalue weighted by atomic mass is 32.2. The number of fused-ring (bicyclic) bond motifs is 2. The van der Waals surface area contributed by atoms with E-state index in [4.69, 9.17) is 4.74 Å². The summed E-state index contributed by atoms with van der Waals surface area (Å²) in [4.78, 5) is 44.7. The third-order valence-electron chi connectivity index (χ3n) is 9.69. The molecule has 3 amide bonds. The third-order valence-corrected chi connectivity index (χ3v) is 11.7. The van der Waals surface area contributed by atoms with E-state index in [-0.39, 0.29) is 31.0 Å². The predicted molar refractivity (Wildman–Crippen MR) is 174 cm³/mol. The molecule has 4 aromatic rings. The minimum absolute atomic E-state index is 0.0529. The average Bonchev–Trinajstić information content (AvgIpc) is 3.77. The number of likely N-dealkylation sites (tertiary alicyclic amines) is 1. The SMILES string of the molecule is CCOc1ccc(NC(=O)[C@H]2[C@H]3C(=O)N([C@H](CO)c4ccccc4)C(C(=O)NCn4nnc5ccccc54)C34CC[C@]2(C)S4)cc1. The van der Waals surface area contributed by atoms with E-state index in [0.29, 0.717) is 36.4 Å². The highest BCUT2D eigenvalue weighted by molar-refractivity contribution is 8.02. The van der Waals surface area contributed by atoms with Crippen molar-refractivity contribution in [2.24, 2.45) is 11.8 Å². The summed E-state index contributed by atoms with van der Waals surface area (Å²) in [6.07, 6.45) is 1.26. The van der Waals surface area contributed by atoms with Gasteiger partial charge in [-0.2, -0.15) is 0 Å². The number of benzene rings is 3. The van der Waals surface area contributed by atoms with E-state index in [9.17, 15) is 19.5 Å². The fourth-order valence-electron chi connectivity index (χ4n) is 7.73. The summed E-state index contributed by atoms with van der Waals surface area (Å²) < 4.78 is 5.74. The second-order valence-corrected chi connectivity index (χ2v) is 14.2. The van der Waals surface area contributed by atoms with Gasteiger partial charge in [0.15, 0.2) is 0 Å². The number of aliphatic hydroxyl groups is 1. The Labute approximate surface area is 270 Å². The summed E-state index contributed by atoms with van der Waals surface area (Å²) >= 11 is 1.58. The average molecular weight is 641 g/mol. The van der Waals surface area contributed by atoms with Crippen LogP contribution >= 0.6 is 11.8 Å². The number of rotatable bonds is 10. The van der Waals surface area contributed by atoms with Crippen LogP contribution in [0.25, 0.3) is 11.0 Å². The van der Waals surface area contributed by atoms with Gasteiger partial charge < -0.3 is 25.4 Å². The molecule has 46 heavy (non-hydrogen) atoms. The van der Waals surface area contributed by atoms with Gasteiger partial charge in [-0.1, -0.05) is 47.7 Å². The number of nitrogens with zero attached hydrogens (tertiary/aromatic N) is 4. The van der Waals surface area contributed by atoms with Gasteiger partial charge in [-0.05, 0) is 68.7 Å². The highest BCUT2D eigenvalue weighted by Gasteiger charge is 2.77. The normalized spacial score (nSPS) is 27.1. The van der Waals surface area contributed by atoms with E-state index in [2.05, 4.69) is 20.9 Å². The second kappa shape index (κ2) is 11.7. The molecular weight excluding hydrogens is 604 g/mol. The Morgan fingerprint density at radius 1 is 1.04 bits per heavy atom.